The Kier molecular flexibility index (Phi) is 6.21. The summed E-state index contributed by atoms with van der Waals surface area (Å²) in [6.07, 6.45) is 10.1. The second-order valence-electron chi connectivity index (χ2n) is 12.1. The SMILES string of the molecule is C\C(=C/C=C/C(C)=C1/C(=O)C[C@H]2[C@@]3(C)CC[C@H](O)C(C)(C)[C@@H]3CC[C@]12C)c1ccc(C)c(=O)o1. The van der Waals surface area contributed by atoms with Crippen LogP contribution in [0.1, 0.15) is 85.0 Å². The minimum atomic E-state index is -0.314. The number of allylic oxidation sites excluding steroid dienone is 6. The normalized spacial score (nSPS) is 37.0. The molecule has 0 amide bonds. The first-order valence-corrected chi connectivity index (χ1v) is 12.7. The first-order valence-electron chi connectivity index (χ1n) is 12.7. The van der Waals surface area contributed by atoms with Gasteiger partial charge in [-0.2, -0.15) is 0 Å². The van der Waals surface area contributed by atoms with Crippen molar-refractivity contribution in [1.29, 1.82) is 0 Å². The van der Waals surface area contributed by atoms with Gasteiger partial charge in [0.05, 0.1) is 6.10 Å². The average Bonchev–Trinajstić information content (AvgIpc) is 3.04. The lowest BCUT2D eigenvalue weighted by Crippen LogP contribution is -2.57. The molecule has 1 aromatic heterocycles. The molecular formula is C30H40O4. The molecule has 34 heavy (non-hydrogen) atoms. The molecule has 1 aromatic rings. The van der Waals surface area contributed by atoms with Crippen molar-refractivity contribution >= 4 is 11.4 Å². The molecule has 3 aliphatic rings. The Morgan fingerprint density at radius 1 is 1.06 bits per heavy atom. The zero-order valence-corrected chi connectivity index (χ0v) is 21.8. The molecule has 0 spiro atoms. The van der Waals surface area contributed by atoms with Gasteiger partial charge in [0.2, 0.25) is 0 Å². The Labute approximate surface area is 203 Å². The summed E-state index contributed by atoms with van der Waals surface area (Å²) < 4.78 is 5.37. The van der Waals surface area contributed by atoms with Gasteiger partial charge in [-0.05, 0) is 92.4 Å². The number of ketones is 1. The van der Waals surface area contributed by atoms with Gasteiger partial charge < -0.3 is 9.52 Å². The molecule has 0 saturated heterocycles. The highest BCUT2D eigenvalue weighted by Gasteiger charge is 2.64. The van der Waals surface area contributed by atoms with Crippen molar-refractivity contribution in [2.75, 3.05) is 0 Å². The van der Waals surface area contributed by atoms with Crippen LogP contribution in [0.25, 0.3) is 5.57 Å². The van der Waals surface area contributed by atoms with Gasteiger partial charge in [-0.1, -0.05) is 45.9 Å². The van der Waals surface area contributed by atoms with E-state index in [1.807, 2.05) is 31.2 Å². The third-order valence-corrected chi connectivity index (χ3v) is 9.75. The van der Waals surface area contributed by atoms with E-state index in [1.165, 1.54) is 0 Å². The highest BCUT2D eigenvalue weighted by atomic mass is 16.4. The van der Waals surface area contributed by atoms with Crippen molar-refractivity contribution in [1.82, 2.24) is 0 Å². The average molecular weight is 465 g/mol. The van der Waals surface area contributed by atoms with Crippen molar-refractivity contribution in [3.8, 4) is 0 Å². The summed E-state index contributed by atoms with van der Waals surface area (Å²) in [4.78, 5) is 25.2. The Balaban J connectivity index is 1.64. The largest absolute Gasteiger partial charge is 0.423 e. The van der Waals surface area contributed by atoms with Crippen LogP contribution in [0.15, 0.2) is 50.7 Å². The zero-order valence-electron chi connectivity index (χ0n) is 21.8. The van der Waals surface area contributed by atoms with Crippen LogP contribution in [0.5, 0.6) is 0 Å². The molecule has 0 bridgehead atoms. The van der Waals surface area contributed by atoms with E-state index in [9.17, 15) is 14.7 Å². The standard InChI is InChI=1S/C30H40O4/c1-18(22-12-11-20(3)27(33)34-22)9-8-10-19(2)26-21(31)17-24-29(6)16-14-25(32)28(4,5)23(29)13-15-30(24,26)7/h8-12,23-25,32H,13-17H2,1-7H3/b10-8+,18-9+,26-19-/t23-,24-,25-,29-,30-/m0/s1. The number of aliphatic hydroxyl groups is 1. The van der Waals surface area contributed by atoms with Crippen LogP contribution in [0, 0.1) is 35.0 Å². The van der Waals surface area contributed by atoms with E-state index >= 15 is 0 Å². The number of hydrogen-bond donors (Lipinski definition) is 1. The Hall–Kier alpha value is -2.20. The maximum atomic E-state index is 13.4. The number of hydrogen-bond acceptors (Lipinski definition) is 4. The van der Waals surface area contributed by atoms with Gasteiger partial charge in [-0.3, -0.25) is 4.79 Å². The maximum Gasteiger partial charge on any atom is 0.339 e. The molecule has 4 heteroatoms. The van der Waals surface area contributed by atoms with E-state index in [2.05, 4.69) is 34.6 Å². The summed E-state index contributed by atoms with van der Waals surface area (Å²) in [6, 6.07) is 3.59. The van der Waals surface area contributed by atoms with Gasteiger partial charge in [0.1, 0.15) is 5.76 Å². The molecule has 0 aromatic carbocycles. The fraction of sp³-hybridized carbons (Fsp3) is 0.600. The minimum Gasteiger partial charge on any atom is -0.423 e. The Morgan fingerprint density at radius 3 is 2.44 bits per heavy atom. The number of aryl methyl sites for hydroxylation is 1. The Morgan fingerprint density at radius 2 is 1.76 bits per heavy atom. The summed E-state index contributed by atoms with van der Waals surface area (Å²) in [5.41, 5.74) is 2.98. The zero-order chi connectivity index (χ0) is 25.1. The molecule has 3 aliphatic carbocycles. The molecule has 4 nitrogen and oxygen atoms in total. The third-order valence-electron chi connectivity index (χ3n) is 9.75. The van der Waals surface area contributed by atoms with Gasteiger partial charge in [0, 0.05) is 23.0 Å². The van der Waals surface area contributed by atoms with Gasteiger partial charge in [0.25, 0.3) is 0 Å². The summed E-state index contributed by atoms with van der Waals surface area (Å²) in [7, 11) is 0. The number of rotatable bonds is 3. The lowest BCUT2D eigenvalue weighted by Gasteiger charge is -2.62. The van der Waals surface area contributed by atoms with Crippen LogP contribution < -0.4 is 5.63 Å². The van der Waals surface area contributed by atoms with Crippen LogP contribution in [0.2, 0.25) is 0 Å². The van der Waals surface area contributed by atoms with Crippen molar-refractivity contribution in [3.63, 3.8) is 0 Å². The van der Waals surface area contributed by atoms with Crippen molar-refractivity contribution in [3.05, 3.63) is 63.3 Å². The van der Waals surface area contributed by atoms with Crippen molar-refractivity contribution in [2.45, 2.75) is 86.7 Å². The molecule has 3 fully saturated rings. The van der Waals surface area contributed by atoms with E-state index in [4.69, 9.17) is 4.42 Å². The molecule has 1 N–H and O–H groups in total. The van der Waals surface area contributed by atoms with Crippen LogP contribution in [0.4, 0.5) is 0 Å². The molecule has 5 atom stereocenters. The van der Waals surface area contributed by atoms with Crippen LogP contribution in [-0.2, 0) is 4.79 Å². The van der Waals surface area contributed by atoms with E-state index < -0.39 is 0 Å². The van der Waals surface area contributed by atoms with Crippen LogP contribution >= 0.6 is 0 Å². The van der Waals surface area contributed by atoms with E-state index in [0.717, 1.165) is 42.4 Å². The van der Waals surface area contributed by atoms with Crippen molar-refractivity contribution < 1.29 is 14.3 Å². The highest BCUT2D eigenvalue weighted by molar-refractivity contribution is 6.00. The van der Waals surface area contributed by atoms with Gasteiger partial charge in [0.15, 0.2) is 5.78 Å². The lowest BCUT2D eigenvalue weighted by atomic mass is 9.43. The van der Waals surface area contributed by atoms with Gasteiger partial charge >= 0.3 is 5.63 Å². The molecule has 0 radical (unpaired) electrons. The van der Waals surface area contributed by atoms with E-state index in [0.29, 0.717) is 29.6 Å². The van der Waals surface area contributed by atoms with Crippen LogP contribution in [-0.4, -0.2) is 17.0 Å². The predicted molar refractivity (Wildman–Crippen MR) is 136 cm³/mol. The third kappa shape index (κ3) is 3.79. The summed E-state index contributed by atoms with van der Waals surface area (Å²) in [5, 5.41) is 10.7. The molecule has 184 valence electrons. The smallest absolute Gasteiger partial charge is 0.339 e. The lowest BCUT2D eigenvalue weighted by molar-refractivity contribution is -0.157. The fourth-order valence-electron chi connectivity index (χ4n) is 7.77. The second-order valence-corrected chi connectivity index (χ2v) is 12.1. The highest BCUT2D eigenvalue weighted by Crippen LogP contribution is 2.69. The number of aliphatic hydroxyl groups excluding tert-OH is 1. The first-order chi connectivity index (χ1) is 15.8. The summed E-state index contributed by atoms with van der Waals surface area (Å²) >= 11 is 0. The predicted octanol–water partition coefficient (Wildman–Crippen LogP) is 6.42. The topological polar surface area (TPSA) is 67.5 Å². The van der Waals surface area contributed by atoms with Gasteiger partial charge in [-0.25, -0.2) is 4.79 Å². The number of Topliss-reactive ketones (excluding diaryl/α,β-unsaturated/α-hetero) is 1. The fourth-order valence-corrected chi connectivity index (χ4v) is 7.77. The van der Waals surface area contributed by atoms with E-state index in [-0.39, 0.29) is 33.8 Å². The minimum absolute atomic E-state index is 0.0661. The molecule has 0 aliphatic heterocycles. The first kappa shape index (κ1) is 24.9. The van der Waals surface area contributed by atoms with Crippen molar-refractivity contribution in [2.24, 2.45) is 28.1 Å². The molecule has 3 saturated carbocycles. The number of fused-ring (bicyclic) bond motifs is 3. The van der Waals surface area contributed by atoms with E-state index in [1.54, 1.807) is 13.0 Å². The van der Waals surface area contributed by atoms with Crippen LogP contribution in [0.3, 0.4) is 0 Å². The molecule has 0 unspecified atom stereocenters. The Bertz CT molecular complexity index is 1150. The second kappa shape index (κ2) is 8.48. The molecule has 4 rings (SSSR count). The maximum absolute atomic E-state index is 13.4. The molecule has 1 heterocycles. The summed E-state index contributed by atoms with van der Waals surface area (Å²) in [6.45, 7) is 14.8. The monoisotopic (exact) mass is 464 g/mol. The molecular weight excluding hydrogens is 424 g/mol. The quantitative estimate of drug-likeness (QED) is 0.414. The number of carbonyl (C=O) groups excluding carboxylic acids is 1. The van der Waals surface area contributed by atoms with Gasteiger partial charge in [-0.15, -0.1) is 0 Å². The number of carbonyl (C=O) groups is 1. The summed E-state index contributed by atoms with van der Waals surface area (Å²) in [5.74, 6) is 1.59.